The van der Waals surface area contributed by atoms with Gasteiger partial charge in [-0.15, -0.1) is 0 Å². The summed E-state index contributed by atoms with van der Waals surface area (Å²) in [6, 6.07) is 2.14. The molecular formula is C10H18N2. The van der Waals surface area contributed by atoms with Crippen LogP contribution in [0.2, 0.25) is 0 Å². The Morgan fingerprint density at radius 1 is 1.33 bits per heavy atom. The Labute approximate surface area is 75.5 Å². The molecule has 0 heterocycles. The van der Waals surface area contributed by atoms with Gasteiger partial charge in [-0.25, -0.2) is 0 Å². The Morgan fingerprint density at radius 2 is 2.00 bits per heavy atom. The summed E-state index contributed by atoms with van der Waals surface area (Å²) in [5.74, 6) is 0. The van der Waals surface area contributed by atoms with E-state index in [9.17, 15) is 0 Å². The van der Waals surface area contributed by atoms with Crippen LogP contribution in [0.3, 0.4) is 0 Å². The molecule has 0 aliphatic carbocycles. The van der Waals surface area contributed by atoms with Gasteiger partial charge in [0.05, 0.1) is 6.07 Å². The van der Waals surface area contributed by atoms with Crippen LogP contribution < -0.4 is 0 Å². The van der Waals surface area contributed by atoms with Gasteiger partial charge in [0.2, 0.25) is 0 Å². The highest BCUT2D eigenvalue weighted by Crippen LogP contribution is 1.96. The van der Waals surface area contributed by atoms with Crippen LogP contribution in [0.4, 0.5) is 0 Å². The Balaban J connectivity index is 3.40. The predicted octanol–water partition coefficient (Wildman–Crippen LogP) is 2.54. The van der Waals surface area contributed by atoms with Crippen LogP contribution in [0.15, 0.2) is 12.3 Å². The summed E-state index contributed by atoms with van der Waals surface area (Å²) in [5, 5.41) is 8.28. The normalized spacial score (nSPS) is 10.1. The number of nitrogens with zero attached hydrogens (tertiary/aromatic N) is 2. The zero-order valence-corrected chi connectivity index (χ0v) is 8.08. The van der Waals surface area contributed by atoms with E-state index in [1.807, 2.05) is 0 Å². The first-order chi connectivity index (χ1) is 5.85. The van der Waals surface area contributed by atoms with Crippen molar-refractivity contribution in [3.05, 3.63) is 12.3 Å². The first-order valence-electron chi connectivity index (χ1n) is 4.62. The maximum Gasteiger partial charge on any atom is 0.0621 e. The summed E-state index contributed by atoms with van der Waals surface area (Å²) in [4.78, 5) is 2.24. The van der Waals surface area contributed by atoms with Crippen LogP contribution >= 0.6 is 0 Å². The second-order valence-electron chi connectivity index (χ2n) is 2.66. The van der Waals surface area contributed by atoms with E-state index in [-0.39, 0.29) is 0 Å². The zero-order chi connectivity index (χ0) is 9.23. The zero-order valence-electron chi connectivity index (χ0n) is 8.08. The maximum atomic E-state index is 8.28. The Kier molecular flexibility index (Phi) is 7.47. The predicted molar refractivity (Wildman–Crippen MR) is 51.5 cm³/mol. The molecule has 0 aromatic heterocycles. The number of nitriles is 1. The van der Waals surface area contributed by atoms with Crippen molar-refractivity contribution in [3.63, 3.8) is 0 Å². The van der Waals surface area contributed by atoms with Crippen molar-refractivity contribution in [2.75, 3.05) is 13.1 Å². The van der Waals surface area contributed by atoms with Crippen molar-refractivity contribution >= 4 is 0 Å². The molecule has 2 nitrogen and oxygen atoms in total. The van der Waals surface area contributed by atoms with Crippen LogP contribution in [-0.2, 0) is 0 Å². The summed E-state index contributed by atoms with van der Waals surface area (Å²) in [5.41, 5.74) is 0. The first-order valence-corrected chi connectivity index (χ1v) is 4.62. The number of allylic oxidation sites excluding steroid dienone is 1. The lowest BCUT2D eigenvalue weighted by Gasteiger charge is -2.14. The molecule has 0 spiro atoms. The summed E-state index contributed by atoms with van der Waals surface area (Å²) in [6.45, 7) is 6.41. The lowest BCUT2D eigenvalue weighted by Crippen LogP contribution is -2.14. The van der Waals surface area contributed by atoms with Crippen LogP contribution in [-0.4, -0.2) is 18.0 Å². The van der Waals surface area contributed by atoms with E-state index in [0.29, 0.717) is 6.42 Å². The lowest BCUT2D eigenvalue weighted by molar-refractivity contribution is 0.417. The molecule has 0 aromatic rings. The van der Waals surface area contributed by atoms with E-state index in [2.05, 4.69) is 37.1 Å². The van der Waals surface area contributed by atoms with E-state index in [1.54, 1.807) is 0 Å². The topological polar surface area (TPSA) is 27.0 Å². The maximum absolute atomic E-state index is 8.28. The van der Waals surface area contributed by atoms with Crippen LogP contribution in [0, 0.1) is 11.3 Å². The number of hydrogen-bond acceptors (Lipinski definition) is 2. The average molecular weight is 166 g/mol. The number of rotatable bonds is 6. The van der Waals surface area contributed by atoms with Gasteiger partial charge in [0, 0.05) is 19.5 Å². The van der Waals surface area contributed by atoms with Gasteiger partial charge in [-0.1, -0.05) is 6.08 Å². The van der Waals surface area contributed by atoms with Crippen molar-refractivity contribution in [2.45, 2.75) is 33.1 Å². The van der Waals surface area contributed by atoms with Gasteiger partial charge in [-0.2, -0.15) is 5.26 Å². The van der Waals surface area contributed by atoms with Gasteiger partial charge in [0.1, 0.15) is 0 Å². The Hall–Kier alpha value is -0.970. The smallest absolute Gasteiger partial charge is 0.0621 e. The summed E-state index contributed by atoms with van der Waals surface area (Å²) >= 11 is 0. The van der Waals surface area contributed by atoms with E-state index in [1.165, 1.54) is 0 Å². The van der Waals surface area contributed by atoms with Crippen molar-refractivity contribution in [2.24, 2.45) is 0 Å². The van der Waals surface area contributed by atoms with Crippen LogP contribution in [0.5, 0.6) is 0 Å². The highest BCUT2D eigenvalue weighted by Gasteiger charge is 1.88. The molecule has 0 rings (SSSR count). The van der Waals surface area contributed by atoms with E-state index >= 15 is 0 Å². The molecule has 0 atom stereocenters. The van der Waals surface area contributed by atoms with Crippen molar-refractivity contribution in [1.29, 1.82) is 5.26 Å². The molecule has 0 saturated carbocycles. The first kappa shape index (κ1) is 11.0. The SMILES string of the molecule is CCN(C=CCCCC#N)CC. The fourth-order valence-corrected chi connectivity index (χ4v) is 0.957. The molecule has 0 bridgehead atoms. The van der Waals surface area contributed by atoms with Gasteiger partial charge in [-0.05, 0) is 32.9 Å². The standard InChI is InChI=1S/C10H18N2/c1-3-12(4-2)10-8-6-5-7-9-11/h8,10H,3-7H2,1-2H3. The largest absolute Gasteiger partial charge is 0.378 e. The molecule has 0 aliphatic heterocycles. The third-order valence-corrected chi connectivity index (χ3v) is 1.79. The fourth-order valence-electron chi connectivity index (χ4n) is 0.957. The third-order valence-electron chi connectivity index (χ3n) is 1.79. The fraction of sp³-hybridized carbons (Fsp3) is 0.700. The highest BCUT2D eigenvalue weighted by molar-refractivity contribution is 4.82. The molecule has 2 heteroatoms. The second-order valence-corrected chi connectivity index (χ2v) is 2.66. The molecule has 0 amide bonds. The van der Waals surface area contributed by atoms with Gasteiger partial charge in [0.25, 0.3) is 0 Å². The van der Waals surface area contributed by atoms with Crippen LogP contribution in [0.1, 0.15) is 33.1 Å². The Bertz CT molecular complexity index is 152. The summed E-state index contributed by atoms with van der Waals surface area (Å²) in [6.07, 6.45) is 6.93. The molecule has 0 radical (unpaired) electrons. The molecule has 68 valence electrons. The minimum Gasteiger partial charge on any atom is -0.378 e. The molecule has 12 heavy (non-hydrogen) atoms. The number of hydrogen-bond donors (Lipinski definition) is 0. The molecular weight excluding hydrogens is 148 g/mol. The molecule has 0 aliphatic rings. The van der Waals surface area contributed by atoms with Gasteiger partial charge < -0.3 is 4.90 Å². The molecule has 0 fully saturated rings. The minimum absolute atomic E-state index is 0.669. The van der Waals surface area contributed by atoms with Gasteiger partial charge >= 0.3 is 0 Å². The van der Waals surface area contributed by atoms with E-state index in [0.717, 1.165) is 25.9 Å². The van der Waals surface area contributed by atoms with Crippen molar-refractivity contribution in [3.8, 4) is 6.07 Å². The molecule has 0 aromatic carbocycles. The lowest BCUT2D eigenvalue weighted by atomic mass is 10.2. The monoisotopic (exact) mass is 166 g/mol. The quantitative estimate of drug-likeness (QED) is 0.567. The van der Waals surface area contributed by atoms with Crippen molar-refractivity contribution < 1.29 is 0 Å². The van der Waals surface area contributed by atoms with E-state index < -0.39 is 0 Å². The highest BCUT2D eigenvalue weighted by atomic mass is 15.1. The average Bonchev–Trinajstić information content (AvgIpc) is 2.11. The summed E-state index contributed by atoms with van der Waals surface area (Å²) < 4.78 is 0. The molecule has 0 N–H and O–H groups in total. The van der Waals surface area contributed by atoms with Crippen molar-refractivity contribution in [1.82, 2.24) is 4.90 Å². The third kappa shape index (κ3) is 5.79. The van der Waals surface area contributed by atoms with E-state index in [4.69, 9.17) is 5.26 Å². The summed E-state index contributed by atoms with van der Waals surface area (Å²) in [7, 11) is 0. The molecule has 0 unspecified atom stereocenters. The van der Waals surface area contributed by atoms with Crippen LogP contribution in [0.25, 0.3) is 0 Å². The molecule has 0 saturated heterocycles. The number of unbranched alkanes of at least 4 members (excludes halogenated alkanes) is 2. The second kappa shape index (κ2) is 8.13. The minimum atomic E-state index is 0.669. The Morgan fingerprint density at radius 3 is 2.50 bits per heavy atom. The van der Waals surface area contributed by atoms with Gasteiger partial charge in [-0.3, -0.25) is 0 Å². The van der Waals surface area contributed by atoms with Gasteiger partial charge in [0.15, 0.2) is 0 Å².